The molecule has 0 unspecified atom stereocenters. The first-order valence-corrected chi connectivity index (χ1v) is 11.4. The molecule has 152 valence electrons. The van der Waals surface area contributed by atoms with Gasteiger partial charge in [-0.1, -0.05) is 17.7 Å². The molecule has 0 aliphatic rings. The molecule has 0 atom stereocenters. The van der Waals surface area contributed by atoms with E-state index < -0.39 is 10.0 Å². The summed E-state index contributed by atoms with van der Waals surface area (Å²) in [5.41, 5.74) is 1.52. The number of sulfonamides is 1. The molecule has 0 heterocycles. The van der Waals surface area contributed by atoms with Crippen LogP contribution in [-0.2, 0) is 14.8 Å². The number of methoxy groups -OCH3 is 1. The number of anilines is 1. The molecule has 28 heavy (non-hydrogen) atoms. The zero-order valence-electron chi connectivity index (χ0n) is 16.5. The summed E-state index contributed by atoms with van der Waals surface area (Å²) < 4.78 is 32.5. The summed E-state index contributed by atoms with van der Waals surface area (Å²) >= 11 is 1.59. The highest BCUT2D eigenvalue weighted by Gasteiger charge is 2.18. The summed E-state index contributed by atoms with van der Waals surface area (Å²) in [4.78, 5) is 13.5. The Morgan fingerprint density at radius 3 is 2.43 bits per heavy atom. The summed E-state index contributed by atoms with van der Waals surface area (Å²) in [7, 11) is -2.19. The van der Waals surface area contributed by atoms with Crippen molar-refractivity contribution >= 4 is 33.4 Å². The van der Waals surface area contributed by atoms with Crippen molar-refractivity contribution in [1.82, 2.24) is 4.72 Å². The SMILES string of the molecule is COc1ccc(S(=O)(=O)NC(C)C)cc1NC(=O)CCSc1ccc(C)cc1. The van der Waals surface area contributed by atoms with E-state index in [2.05, 4.69) is 10.0 Å². The van der Waals surface area contributed by atoms with Crippen molar-refractivity contribution in [2.75, 3.05) is 18.2 Å². The van der Waals surface area contributed by atoms with Crippen LogP contribution in [-0.4, -0.2) is 33.2 Å². The molecule has 2 rings (SSSR count). The number of aryl methyl sites for hydroxylation is 1. The second kappa shape index (κ2) is 9.95. The van der Waals surface area contributed by atoms with Crippen LogP contribution in [0.4, 0.5) is 5.69 Å². The number of hydrogen-bond donors (Lipinski definition) is 2. The Kier molecular flexibility index (Phi) is 7.91. The van der Waals surface area contributed by atoms with Gasteiger partial charge in [0.1, 0.15) is 5.75 Å². The third-order valence-electron chi connectivity index (χ3n) is 3.77. The highest BCUT2D eigenvalue weighted by molar-refractivity contribution is 7.99. The average Bonchev–Trinajstić information content (AvgIpc) is 2.62. The van der Waals surface area contributed by atoms with E-state index >= 15 is 0 Å². The normalized spacial score (nSPS) is 11.5. The van der Waals surface area contributed by atoms with Crippen LogP contribution in [0.25, 0.3) is 0 Å². The predicted molar refractivity (Wildman–Crippen MR) is 114 cm³/mol. The number of rotatable bonds is 9. The van der Waals surface area contributed by atoms with Crippen molar-refractivity contribution in [2.24, 2.45) is 0 Å². The van der Waals surface area contributed by atoms with Gasteiger partial charge >= 0.3 is 0 Å². The van der Waals surface area contributed by atoms with Gasteiger partial charge in [0.2, 0.25) is 15.9 Å². The molecule has 2 N–H and O–H groups in total. The van der Waals surface area contributed by atoms with Crippen molar-refractivity contribution in [2.45, 2.75) is 43.0 Å². The minimum Gasteiger partial charge on any atom is -0.495 e. The molecule has 0 radical (unpaired) electrons. The Morgan fingerprint density at radius 2 is 1.82 bits per heavy atom. The van der Waals surface area contributed by atoms with Gasteiger partial charge in [-0.05, 0) is 51.1 Å². The Bertz CT molecular complexity index is 910. The van der Waals surface area contributed by atoms with Crippen LogP contribution in [0.5, 0.6) is 5.75 Å². The molecule has 0 bridgehead atoms. The van der Waals surface area contributed by atoms with Crippen LogP contribution in [0.1, 0.15) is 25.8 Å². The van der Waals surface area contributed by atoms with E-state index in [4.69, 9.17) is 4.74 Å². The van der Waals surface area contributed by atoms with Gasteiger partial charge in [0.25, 0.3) is 0 Å². The number of carbonyl (C=O) groups is 1. The van der Waals surface area contributed by atoms with Gasteiger partial charge in [0, 0.05) is 23.1 Å². The number of carbonyl (C=O) groups excluding carboxylic acids is 1. The van der Waals surface area contributed by atoms with Crippen LogP contribution < -0.4 is 14.8 Å². The van der Waals surface area contributed by atoms with Gasteiger partial charge in [-0.25, -0.2) is 13.1 Å². The molecule has 0 fully saturated rings. The molecule has 8 heteroatoms. The second-order valence-electron chi connectivity index (χ2n) is 6.60. The van der Waals surface area contributed by atoms with Crippen molar-refractivity contribution in [3.05, 3.63) is 48.0 Å². The fourth-order valence-electron chi connectivity index (χ4n) is 2.44. The number of ether oxygens (including phenoxy) is 1. The first-order valence-electron chi connectivity index (χ1n) is 8.91. The zero-order chi connectivity index (χ0) is 20.7. The first kappa shape index (κ1) is 22.3. The lowest BCUT2D eigenvalue weighted by Crippen LogP contribution is -2.30. The number of amides is 1. The van der Waals surface area contributed by atoms with Gasteiger partial charge in [0.05, 0.1) is 17.7 Å². The maximum absolute atomic E-state index is 12.4. The second-order valence-corrected chi connectivity index (χ2v) is 9.48. The maximum Gasteiger partial charge on any atom is 0.240 e. The quantitative estimate of drug-likeness (QED) is 0.600. The molecule has 0 saturated carbocycles. The highest BCUT2D eigenvalue weighted by atomic mass is 32.2. The van der Waals surface area contributed by atoms with Gasteiger partial charge in [-0.15, -0.1) is 11.8 Å². The minimum atomic E-state index is -3.66. The van der Waals surface area contributed by atoms with Gasteiger partial charge in [0.15, 0.2) is 0 Å². The molecular formula is C20H26N2O4S2. The number of nitrogens with one attached hydrogen (secondary N) is 2. The molecule has 0 aliphatic heterocycles. The Hall–Kier alpha value is -2.03. The highest BCUT2D eigenvalue weighted by Crippen LogP contribution is 2.28. The van der Waals surface area contributed by atoms with Crippen molar-refractivity contribution < 1.29 is 17.9 Å². The fraction of sp³-hybridized carbons (Fsp3) is 0.350. The van der Waals surface area contributed by atoms with Gasteiger partial charge < -0.3 is 10.1 Å². The Balaban J connectivity index is 2.03. The predicted octanol–water partition coefficient (Wildman–Crippen LogP) is 3.81. The standard InChI is InChI=1S/C20H26N2O4S2/c1-14(2)22-28(24,25)17-9-10-19(26-4)18(13-17)21-20(23)11-12-27-16-7-5-15(3)6-8-16/h5-10,13-14,22H,11-12H2,1-4H3,(H,21,23). The molecule has 0 saturated heterocycles. The smallest absolute Gasteiger partial charge is 0.240 e. The molecule has 6 nitrogen and oxygen atoms in total. The lowest BCUT2D eigenvalue weighted by atomic mass is 10.2. The number of hydrogen-bond acceptors (Lipinski definition) is 5. The lowest BCUT2D eigenvalue weighted by molar-refractivity contribution is -0.115. The molecule has 2 aromatic carbocycles. The van der Waals surface area contributed by atoms with Crippen molar-refractivity contribution in [3.8, 4) is 5.75 Å². The van der Waals surface area contributed by atoms with Crippen molar-refractivity contribution in [1.29, 1.82) is 0 Å². The summed E-state index contributed by atoms with van der Waals surface area (Å²) in [6.45, 7) is 5.52. The van der Waals surface area contributed by atoms with Crippen LogP contribution >= 0.6 is 11.8 Å². The van der Waals surface area contributed by atoms with Crippen LogP contribution in [0.3, 0.4) is 0 Å². The fourth-order valence-corrected chi connectivity index (χ4v) is 4.57. The summed E-state index contributed by atoms with van der Waals surface area (Å²) in [5.74, 6) is 0.816. The van der Waals surface area contributed by atoms with Crippen LogP contribution in [0, 0.1) is 6.92 Å². The molecule has 2 aromatic rings. The first-order chi connectivity index (χ1) is 13.2. The number of thioether (sulfide) groups is 1. The van der Waals surface area contributed by atoms with E-state index in [1.54, 1.807) is 25.6 Å². The van der Waals surface area contributed by atoms with E-state index in [0.717, 1.165) is 4.90 Å². The van der Waals surface area contributed by atoms with Gasteiger partial charge in [-0.2, -0.15) is 0 Å². The van der Waals surface area contributed by atoms with E-state index in [9.17, 15) is 13.2 Å². The van der Waals surface area contributed by atoms with Crippen LogP contribution in [0.15, 0.2) is 52.3 Å². The lowest BCUT2D eigenvalue weighted by Gasteiger charge is -2.14. The monoisotopic (exact) mass is 422 g/mol. The molecule has 0 spiro atoms. The van der Waals surface area contributed by atoms with Crippen molar-refractivity contribution in [3.63, 3.8) is 0 Å². The summed E-state index contributed by atoms with van der Waals surface area (Å²) in [6.07, 6.45) is 0.295. The average molecular weight is 423 g/mol. The number of benzene rings is 2. The molecule has 1 amide bonds. The summed E-state index contributed by atoms with van der Waals surface area (Å²) in [6, 6.07) is 12.3. The van der Waals surface area contributed by atoms with E-state index in [-0.39, 0.29) is 16.8 Å². The zero-order valence-corrected chi connectivity index (χ0v) is 18.1. The maximum atomic E-state index is 12.4. The van der Waals surface area contributed by atoms with Gasteiger partial charge in [-0.3, -0.25) is 4.79 Å². The summed E-state index contributed by atoms with van der Waals surface area (Å²) in [5, 5.41) is 2.75. The molecular weight excluding hydrogens is 396 g/mol. The molecule has 0 aromatic heterocycles. The van der Waals surface area contributed by atoms with E-state index in [0.29, 0.717) is 23.6 Å². The minimum absolute atomic E-state index is 0.0753. The van der Waals surface area contributed by atoms with E-state index in [1.807, 2.05) is 31.2 Å². The molecule has 0 aliphatic carbocycles. The topological polar surface area (TPSA) is 84.5 Å². The third-order valence-corrected chi connectivity index (χ3v) is 6.44. The third kappa shape index (κ3) is 6.54. The Morgan fingerprint density at radius 1 is 1.14 bits per heavy atom. The largest absolute Gasteiger partial charge is 0.495 e. The van der Waals surface area contributed by atoms with E-state index in [1.165, 1.54) is 30.9 Å². The van der Waals surface area contributed by atoms with Crippen LogP contribution in [0.2, 0.25) is 0 Å². The Labute approximate surface area is 171 Å².